The van der Waals surface area contributed by atoms with Crippen molar-refractivity contribution in [2.75, 3.05) is 24.3 Å². The van der Waals surface area contributed by atoms with Crippen molar-refractivity contribution in [2.45, 2.75) is 62.4 Å². The maximum atomic E-state index is 13.0. The second kappa shape index (κ2) is 12.5. The number of carbonyl (C=O) groups is 1. The Labute approximate surface area is 260 Å². The zero-order valence-corrected chi connectivity index (χ0v) is 26.5. The zero-order valence-electron chi connectivity index (χ0n) is 25.0. The van der Waals surface area contributed by atoms with Crippen LogP contribution in [0.5, 0.6) is 11.6 Å². The van der Waals surface area contributed by atoms with Crippen LogP contribution in [0.2, 0.25) is 5.02 Å². The fraction of sp³-hybridized carbons (Fsp3) is 0.367. The number of nitrogens with zero attached hydrogens (tertiary/aromatic N) is 3. The van der Waals surface area contributed by atoms with Gasteiger partial charge in [-0.25, -0.2) is 13.4 Å². The number of nitrogens with one attached hydrogen (secondary N) is 3. The Kier molecular flexibility index (Phi) is 8.91. The van der Waals surface area contributed by atoms with E-state index in [0.29, 0.717) is 35.5 Å². The van der Waals surface area contributed by atoms with E-state index in [-0.39, 0.29) is 45.7 Å². The number of benzene rings is 2. The van der Waals surface area contributed by atoms with Crippen molar-refractivity contribution < 1.29 is 27.8 Å². The van der Waals surface area contributed by atoms with Crippen LogP contribution < -0.4 is 20.7 Å². The Hall–Kier alpha value is -4.07. The standard InChI is InChI=1S/C30H35ClN6O6S/c1-16(2)43-25-10-18-15-37(19-11-24(32-13-19)29(39)42-5)28(38)20(18)12-23(25)35-30-33-14-21(31)27(36-30)34-22-8-6-7-9-26(22)44(40,41)17(3)4/h6-10,12,14-17,19,24,32,38H,11,13H2,1-5H3,(H2,33,34,35,36)/t19-,24+/m1/s1. The number of ether oxygens (including phenoxy) is 2. The third-order valence-electron chi connectivity index (χ3n) is 7.32. The average Bonchev–Trinajstić information content (AvgIpc) is 3.59. The molecule has 2 aromatic heterocycles. The molecule has 5 rings (SSSR count). The minimum atomic E-state index is -3.59. The van der Waals surface area contributed by atoms with E-state index in [4.69, 9.17) is 21.1 Å². The monoisotopic (exact) mass is 642 g/mol. The van der Waals surface area contributed by atoms with Crippen molar-refractivity contribution in [1.29, 1.82) is 0 Å². The Morgan fingerprint density at radius 2 is 1.91 bits per heavy atom. The van der Waals surface area contributed by atoms with Crippen LogP contribution in [0, 0.1) is 0 Å². The molecule has 234 valence electrons. The van der Waals surface area contributed by atoms with Gasteiger partial charge in [0.25, 0.3) is 0 Å². The van der Waals surface area contributed by atoms with E-state index < -0.39 is 21.1 Å². The van der Waals surface area contributed by atoms with E-state index in [9.17, 15) is 18.3 Å². The second-order valence-electron chi connectivity index (χ2n) is 11.1. The smallest absolute Gasteiger partial charge is 0.322 e. The molecule has 2 aromatic carbocycles. The van der Waals surface area contributed by atoms with Gasteiger partial charge in [0.05, 0.1) is 47.0 Å². The maximum Gasteiger partial charge on any atom is 0.322 e. The average molecular weight is 643 g/mol. The molecule has 12 nitrogen and oxygen atoms in total. The summed E-state index contributed by atoms with van der Waals surface area (Å²) in [5, 5.41) is 21.4. The molecule has 0 radical (unpaired) electrons. The van der Waals surface area contributed by atoms with E-state index in [1.54, 1.807) is 42.7 Å². The molecule has 0 amide bonds. The molecule has 1 aliphatic heterocycles. The molecule has 1 saturated heterocycles. The van der Waals surface area contributed by atoms with Gasteiger partial charge in [0.2, 0.25) is 5.95 Å². The van der Waals surface area contributed by atoms with Crippen molar-refractivity contribution in [3.8, 4) is 11.6 Å². The topological polar surface area (TPSA) is 157 Å². The Bertz CT molecular complexity index is 1810. The van der Waals surface area contributed by atoms with Gasteiger partial charge in [-0.3, -0.25) is 4.79 Å². The number of hydrogen-bond donors (Lipinski definition) is 4. The molecule has 0 aliphatic carbocycles. The third kappa shape index (κ3) is 6.26. The predicted molar refractivity (Wildman–Crippen MR) is 169 cm³/mol. The largest absolute Gasteiger partial charge is 0.494 e. The Morgan fingerprint density at radius 3 is 2.61 bits per heavy atom. The van der Waals surface area contributed by atoms with Crippen LogP contribution in [0.25, 0.3) is 10.8 Å². The Morgan fingerprint density at radius 1 is 1.16 bits per heavy atom. The van der Waals surface area contributed by atoms with Gasteiger partial charge in [-0.2, -0.15) is 4.98 Å². The van der Waals surface area contributed by atoms with Crippen molar-refractivity contribution in [2.24, 2.45) is 0 Å². The summed E-state index contributed by atoms with van der Waals surface area (Å²) >= 11 is 6.42. The first-order valence-electron chi connectivity index (χ1n) is 14.1. The number of carbonyl (C=O) groups excluding carboxylic acids is 1. The number of aromatic nitrogens is 3. The normalized spacial score (nSPS) is 16.9. The van der Waals surface area contributed by atoms with Crippen molar-refractivity contribution in [3.05, 3.63) is 53.8 Å². The lowest BCUT2D eigenvalue weighted by Crippen LogP contribution is -2.31. The first-order chi connectivity index (χ1) is 20.9. The lowest BCUT2D eigenvalue weighted by atomic mass is 10.1. The summed E-state index contributed by atoms with van der Waals surface area (Å²) in [6, 6.07) is 9.50. The van der Waals surface area contributed by atoms with Gasteiger partial charge < -0.3 is 35.1 Å². The van der Waals surface area contributed by atoms with Crippen molar-refractivity contribution >= 4 is 61.3 Å². The second-order valence-corrected chi connectivity index (χ2v) is 13.9. The highest BCUT2D eigenvalue weighted by Gasteiger charge is 2.32. The number of halogens is 1. The molecule has 0 saturated carbocycles. The Balaban J connectivity index is 1.48. The highest BCUT2D eigenvalue weighted by atomic mass is 35.5. The summed E-state index contributed by atoms with van der Waals surface area (Å²) < 4.78 is 38.6. The van der Waals surface area contributed by atoms with Gasteiger partial charge in [-0.1, -0.05) is 23.7 Å². The number of methoxy groups -OCH3 is 1. The fourth-order valence-corrected chi connectivity index (χ4v) is 6.40. The molecule has 4 aromatic rings. The van der Waals surface area contributed by atoms with E-state index in [1.807, 2.05) is 26.1 Å². The van der Waals surface area contributed by atoms with E-state index in [0.717, 1.165) is 5.39 Å². The van der Waals surface area contributed by atoms with Gasteiger partial charge in [0.15, 0.2) is 21.5 Å². The van der Waals surface area contributed by atoms with E-state index in [1.165, 1.54) is 19.4 Å². The summed E-state index contributed by atoms with van der Waals surface area (Å²) in [4.78, 5) is 21.0. The minimum Gasteiger partial charge on any atom is -0.494 e. The van der Waals surface area contributed by atoms with Gasteiger partial charge in [0.1, 0.15) is 16.8 Å². The van der Waals surface area contributed by atoms with Crippen LogP contribution in [0.15, 0.2) is 53.7 Å². The van der Waals surface area contributed by atoms with Gasteiger partial charge in [0, 0.05) is 23.5 Å². The van der Waals surface area contributed by atoms with Crippen molar-refractivity contribution in [3.63, 3.8) is 0 Å². The van der Waals surface area contributed by atoms with E-state index >= 15 is 0 Å². The van der Waals surface area contributed by atoms with Crippen molar-refractivity contribution in [1.82, 2.24) is 19.9 Å². The predicted octanol–water partition coefficient (Wildman–Crippen LogP) is 5.32. The highest BCUT2D eigenvalue weighted by molar-refractivity contribution is 7.92. The van der Waals surface area contributed by atoms with Gasteiger partial charge in [-0.05, 0) is 58.4 Å². The SMILES string of the molecule is COC(=O)[C@@H]1C[C@@H](n2cc3cc(OC(C)C)c(Nc4ncc(Cl)c(Nc5ccccc5S(=O)(=O)C(C)C)n4)cc3c2O)CN1. The van der Waals surface area contributed by atoms with Crippen LogP contribution in [0.4, 0.5) is 23.1 Å². The summed E-state index contributed by atoms with van der Waals surface area (Å²) in [5.41, 5.74) is 0.826. The molecule has 44 heavy (non-hydrogen) atoms. The number of fused-ring (bicyclic) bond motifs is 1. The molecule has 4 N–H and O–H groups in total. The molecule has 0 unspecified atom stereocenters. The van der Waals surface area contributed by atoms with Gasteiger partial charge in [-0.15, -0.1) is 0 Å². The van der Waals surface area contributed by atoms with Crippen LogP contribution >= 0.6 is 11.6 Å². The number of rotatable bonds is 10. The molecule has 14 heteroatoms. The first kappa shape index (κ1) is 31.4. The quantitative estimate of drug-likeness (QED) is 0.166. The molecule has 0 bridgehead atoms. The summed E-state index contributed by atoms with van der Waals surface area (Å²) in [6.07, 6.45) is 3.54. The van der Waals surface area contributed by atoms with Gasteiger partial charge >= 0.3 is 5.97 Å². The lowest BCUT2D eigenvalue weighted by molar-refractivity contribution is -0.142. The van der Waals surface area contributed by atoms with Crippen LogP contribution in [-0.2, 0) is 19.4 Å². The van der Waals surface area contributed by atoms with Crippen LogP contribution in [-0.4, -0.2) is 65.1 Å². The molecule has 1 aliphatic rings. The summed E-state index contributed by atoms with van der Waals surface area (Å²) in [5.74, 6) is 0.561. The zero-order chi connectivity index (χ0) is 31.8. The van der Waals surface area contributed by atoms with Crippen LogP contribution in [0.1, 0.15) is 40.2 Å². The molecular weight excluding hydrogens is 608 g/mol. The first-order valence-corrected chi connectivity index (χ1v) is 16.1. The lowest BCUT2D eigenvalue weighted by Gasteiger charge is -2.17. The summed E-state index contributed by atoms with van der Waals surface area (Å²) in [6.45, 7) is 7.53. The molecule has 1 fully saturated rings. The summed E-state index contributed by atoms with van der Waals surface area (Å²) in [7, 11) is -2.24. The maximum absolute atomic E-state index is 13.0. The molecule has 3 heterocycles. The number of aromatic hydroxyl groups is 1. The third-order valence-corrected chi connectivity index (χ3v) is 9.81. The van der Waals surface area contributed by atoms with E-state index in [2.05, 4.69) is 25.9 Å². The molecule has 2 atom stereocenters. The number of sulfone groups is 1. The minimum absolute atomic E-state index is 0.0406. The fourth-order valence-electron chi connectivity index (χ4n) is 5.06. The van der Waals surface area contributed by atoms with Crippen LogP contribution in [0.3, 0.4) is 0 Å². The number of esters is 1. The highest BCUT2D eigenvalue weighted by Crippen LogP contribution is 2.40. The number of para-hydroxylation sites is 1. The molecular formula is C30H35ClN6O6S. The number of hydrogen-bond acceptors (Lipinski definition) is 11. The number of anilines is 4. The molecule has 0 spiro atoms.